The van der Waals surface area contributed by atoms with Gasteiger partial charge in [0.25, 0.3) is 5.69 Å². The second kappa shape index (κ2) is 9.81. The zero-order valence-electron chi connectivity index (χ0n) is 18.0. The number of hydrogen-bond donors (Lipinski definition) is 1. The van der Waals surface area contributed by atoms with Gasteiger partial charge in [0.1, 0.15) is 17.8 Å². The number of carbonyl (C=O) groups excluding carboxylic acids is 2. The molecule has 3 rings (SSSR count). The lowest BCUT2D eigenvalue weighted by atomic mass is 10.1. The fourth-order valence-electron chi connectivity index (χ4n) is 3.14. The monoisotopic (exact) mass is 456 g/mol. The van der Waals surface area contributed by atoms with Gasteiger partial charge in [-0.25, -0.2) is 9.59 Å². The van der Waals surface area contributed by atoms with Gasteiger partial charge < -0.3 is 23.9 Å². The minimum atomic E-state index is -0.985. The lowest BCUT2D eigenvalue weighted by molar-refractivity contribution is -0.385. The summed E-state index contributed by atoms with van der Waals surface area (Å²) in [5, 5.41) is 14.5. The maximum Gasteiger partial charge on any atom is 0.345 e. The fourth-order valence-corrected chi connectivity index (χ4v) is 3.14. The molecule has 33 heavy (non-hydrogen) atoms. The van der Waals surface area contributed by atoms with E-state index in [9.17, 15) is 24.5 Å². The van der Waals surface area contributed by atoms with Gasteiger partial charge in [0.15, 0.2) is 11.5 Å². The zero-order chi connectivity index (χ0) is 24.1. The van der Waals surface area contributed by atoms with Crippen LogP contribution in [0.5, 0.6) is 11.5 Å². The Labute approximate surface area is 187 Å². The number of nitrogens with one attached hydrogen (secondary N) is 1. The van der Waals surface area contributed by atoms with Crippen molar-refractivity contribution in [3.8, 4) is 11.5 Å². The van der Waals surface area contributed by atoms with Crippen molar-refractivity contribution in [3.63, 3.8) is 0 Å². The van der Waals surface area contributed by atoms with E-state index in [2.05, 4.69) is 5.32 Å². The first-order valence-electron chi connectivity index (χ1n) is 9.74. The average Bonchev–Trinajstić information content (AvgIpc) is 2.76. The highest BCUT2D eigenvalue weighted by Crippen LogP contribution is 2.35. The number of nitrogens with zero attached hydrogens (tertiary/aromatic N) is 1. The van der Waals surface area contributed by atoms with Crippen LogP contribution in [0.1, 0.15) is 29.8 Å². The summed E-state index contributed by atoms with van der Waals surface area (Å²) >= 11 is 0. The van der Waals surface area contributed by atoms with Crippen LogP contribution >= 0.6 is 0 Å². The number of esters is 1. The minimum absolute atomic E-state index is 0.0988. The Bertz CT molecular complexity index is 1300. The maximum atomic E-state index is 12.7. The molecule has 0 fully saturated rings. The highest BCUT2D eigenvalue weighted by atomic mass is 16.6. The van der Waals surface area contributed by atoms with E-state index in [0.29, 0.717) is 16.6 Å². The van der Waals surface area contributed by atoms with E-state index in [-0.39, 0.29) is 41.8 Å². The Balaban J connectivity index is 1.93. The third-order valence-electron chi connectivity index (χ3n) is 4.51. The van der Waals surface area contributed by atoms with E-state index in [4.69, 9.17) is 18.6 Å². The summed E-state index contributed by atoms with van der Waals surface area (Å²) < 4.78 is 20.9. The van der Waals surface area contributed by atoms with Crippen LogP contribution in [0, 0.1) is 10.1 Å². The Morgan fingerprint density at radius 3 is 2.55 bits per heavy atom. The molecule has 172 valence electrons. The Morgan fingerprint density at radius 1 is 1.15 bits per heavy atom. The van der Waals surface area contributed by atoms with Crippen LogP contribution in [0.4, 0.5) is 11.4 Å². The number of benzene rings is 2. The number of ether oxygens (including phenoxy) is 3. The molecule has 0 atom stereocenters. The molecule has 0 saturated heterocycles. The summed E-state index contributed by atoms with van der Waals surface area (Å²) in [6.07, 6.45) is 0. The fraction of sp³-hybridized carbons (Fsp3) is 0.227. The molecule has 1 amide bonds. The molecule has 0 aliphatic carbocycles. The number of methoxy groups -OCH3 is 1. The number of nitro groups is 1. The molecule has 1 N–H and O–H groups in total. The lowest BCUT2D eigenvalue weighted by Gasteiger charge is -2.12. The van der Waals surface area contributed by atoms with E-state index < -0.39 is 22.2 Å². The Hall–Kier alpha value is -4.41. The largest absolute Gasteiger partial charge is 0.493 e. The molecule has 0 aliphatic heterocycles. The van der Waals surface area contributed by atoms with Crippen LogP contribution in [0.15, 0.2) is 45.6 Å². The van der Waals surface area contributed by atoms with E-state index >= 15 is 0 Å². The van der Waals surface area contributed by atoms with Crippen LogP contribution in [-0.4, -0.2) is 30.5 Å². The van der Waals surface area contributed by atoms with Crippen molar-refractivity contribution in [1.82, 2.24) is 0 Å². The van der Waals surface area contributed by atoms with Gasteiger partial charge >= 0.3 is 11.6 Å². The summed E-state index contributed by atoms with van der Waals surface area (Å²) in [7, 11) is 1.32. The third kappa shape index (κ3) is 5.26. The molecule has 11 nitrogen and oxygen atoms in total. The van der Waals surface area contributed by atoms with Crippen LogP contribution < -0.4 is 20.4 Å². The molecular formula is C22H20N2O9. The SMILES string of the molecule is CCOc1cc(C(=O)OCc2cc(=O)oc3cc(NC(C)=O)ccc23)c([N+](=O)[O-])cc1OC. The van der Waals surface area contributed by atoms with Gasteiger partial charge in [-0.15, -0.1) is 0 Å². The standard InChI is InChI=1S/C22H20N2O9/c1-4-31-20-9-16(17(24(28)29)10-19(20)30-3)22(27)32-11-13-7-21(26)33-18-8-14(23-12(2)25)5-6-15(13)18/h5-10H,4,11H2,1-3H3,(H,23,25). The van der Waals surface area contributed by atoms with Crippen molar-refractivity contribution >= 4 is 34.2 Å². The van der Waals surface area contributed by atoms with E-state index in [1.54, 1.807) is 19.1 Å². The van der Waals surface area contributed by atoms with Gasteiger partial charge in [-0.2, -0.15) is 0 Å². The number of rotatable bonds is 8. The van der Waals surface area contributed by atoms with Gasteiger partial charge in [0.05, 0.1) is 24.7 Å². The second-order valence-electron chi connectivity index (χ2n) is 6.77. The summed E-state index contributed by atoms with van der Waals surface area (Å²) in [6.45, 7) is 2.94. The van der Waals surface area contributed by atoms with E-state index in [1.807, 2.05) is 0 Å². The number of nitro benzene ring substituents is 1. The molecule has 0 radical (unpaired) electrons. The second-order valence-corrected chi connectivity index (χ2v) is 6.77. The van der Waals surface area contributed by atoms with E-state index in [0.717, 1.165) is 12.1 Å². The van der Waals surface area contributed by atoms with Gasteiger partial charge in [-0.05, 0) is 19.1 Å². The first-order valence-corrected chi connectivity index (χ1v) is 9.74. The lowest BCUT2D eigenvalue weighted by Crippen LogP contribution is -2.11. The maximum absolute atomic E-state index is 12.7. The first kappa shape index (κ1) is 23.3. The number of fused-ring (bicyclic) bond motifs is 1. The summed E-state index contributed by atoms with van der Waals surface area (Å²) in [5.74, 6) is -1.04. The topological polar surface area (TPSA) is 147 Å². The van der Waals surface area contributed by atoms with Crippen molar-refractivity contribution in [1.29, 1.82) is 0 Å². The molecule has 1 aromatic heterocycles. The predicted molar refractivity (Wildman–Crippen MR) is 117 cm³/mol. The van der Waals surface area contributed by atoms with Gasteiger partial charge in [0, 0.05) is 41.8 Å². The Morgan fingerprint density at radius 2 is 1.91 bits per heavy atom. The number of hydrogen-bond acceptors (Lipinski definition) is 9. The average molecular weight is 456 g/mol. The summed E-state index contributed by atoms with van der Waals surface area (Å²) in [6, 6.07) is 8.07. The summed E-state index contributed by atoms with van der Waals surface area (Å²) in [5.41, 5.74) is -0.617. The molecule has 0 unspecified atom stereocenters. The predicted octanol–water partition coefficient (Wildman–Crippen LogP) is 3.42. The Kier molecular flexibility index (Phi) is 6.91. The van der Waals surface area contributed by atoms with Crippen molar-refractivity contribution in [2.75, 3.05) is 19.0 Å². The van der Waals surface area contributed by atoms with Crippen molar-refractivity contribution < 1.29 is 33.1 Å². The zero-order valence-corrected chi connectivity index (χ0v) is 18.0. The van der Waals surface area contributed by atoms with Crippen molar-refractivity contribution in [2.45, 2.75) is 20.5 Å². The normalized spacial score (nSPS) is 10.5. The molecule has 0 saturated carbocycles. The molecule has 11 heteroatoms. The molecule has 2 aromatic carbocycles. The van der Waals surface area contributed by atoms with Crippen LogP contribution in [0.25, 0.3) is 11.0 Å². The molecule has 0 spiro atoms. The number of carbonyl (C=O) groups is 2. The third-order valence-corrected chi connectivity index (χ3v) is 4.51. The minimum Gasteiger partial charge on any atom is -0.493 e. The smallest absolute Gasteiger partial charge is 0.345 e. The van der Waals surface area contributed by atoms with Gasteiger partial charge in [0.2, 0.25) is 5.91 Å². The van der Waals surface area contributed by atoms with Crippen molar-refractivity contribution in [3.05, 3.63) is 68.1 Å². The van der Waals surface area contributed by atoms with E-state index in [1.165, 1.54) is 26.2 Å². The van der Waals surface area contributed by atoms with Crippen LogP contribution in [0.2, 0.25) is 0 Å². The number of anilines is 1. The summed E-state index contributed by atoms with van der Waals surface area (Å²) in [4.78, 5) is 46.7. The highest BCUT2D eigenvalue weighted by Gasteiger charge is 2.26. The first-order chi connectivity index (χ1) is 15.7. The van der Waals surface area contributed by atoms with Crippen LogP contribution in [0.3, 0.4) is 0 Å². The molecule has 1 heterocycles. The van der Waals surface area contributed by atoms with Crippen LogP contribution in [-0.2, 0) is 16.1 Å². The molecule has 3 aromatic rings. The molecular weight excluding hydrogens is 436 g/mol. The van der Waals surface area contributed by atoms with Gasteiger partial charge in [-0.3, -0.25) is 14.9 Å². The van der Waals surface area contributed by atoms with Gasteiger partial charge in [-0.1, -0.05) is 0 Å². The highest BCUT2D eigenvalue weighted by molar-refractivity contribution is 5.95. The number of amides is 1. The molecule has 0 bridgehead atoms. The molecule has 0 aliphatic rings. The van der Waals surface area contributed by atoms with Crippen molar-refractivity contribution in [2.24, 2.45) is 0 Å². The quantitative estimate of drug-likeness (QED) is 0.233.